The van der Waals surface area contributed by atoms with Crippen LogP contribution >= 0.6 is 0 Å². The molecule has 0 aliphatic rings. The van der Waals surface area contributed by atoms with Crippen LogP contribution in [0.25, 0.3) is 22.5 Å². The third-order valence-electron chi connectivity index (χ3n) is 7.26. The largest absolute Gasteiger partial charge is 0.450 e. The number of anilines is 2. The van der Waals surface area contributed by atoms with E-state index in [1.165, 1.54) is 11.1 Å². The van der Waals surface area contributed by atoms with Crippen molar-refractivity contribution in [2.45, 2.75) is 52.4 Å². The van der Waals surface area contributed by atoms with Gasteiger partial charge in [0.2, 0.25) is 5.78 Å². The Morgan fingerprint density at radius 1 is 0.600 bits per heavy atom. The van der Waals surface area contributed by atoms with Crippen molar-refractivity contribution in [1.82, 2.24) is 0 Å². The summed E-state index contributed by atoms with van der Waals surface area (Å²) >= 11 is 0. The highest BCUT2D eigenvalue weighted by molar-refractivity contribution is 6.11. The molecule has 0 aliphatic carbocycles. The Morgan fingerprint density at radius 3 is 1.65 bits per heavy atom. The van der Waals surface area contributed by atoms with E-state index >= 15 is 0 Å². The fourth-order valence-electron chi connectivity index (χ4n) is 4.71. The average Bonchev–Trinajstić information content (AvgIpc) is 3.36. The van der Waals surface area contributed by atoms with E-state index in [4.69, 9.17) is 4.42 Å². The summed E-state index contributed by atoms with van der Waals surface area (Å²) < 4.78 is 6.29. The maximum atomic E-state index is 13.8. The highest BCUT2D eigenvalue weighted by Crippen LogP contribution is 2.35. The predicted molar refractivity (Wildman–Crippen MR) is 167 cm³/mol. The number of hydrogen-bond donors (Lipinski definition) is 1. The Kier molecular flexibility index (Phi) is 7.25. The second kappa shape index (κ2) is 10.7. The van der Waals surface area contributed by atoms with Crippen LogP contribution in [0.15, 0.2) is 114 Å². The second-order valence-electron chi connectivity index (χ2n) is 12.4. The lowest BCUT2D eigenvalue weighted by atomic mass is 9.86. The predicted octanol–water partition coefficient (Wildman–Crippen LogP) is 10.2. The second-order valence-corrected chi connectivity index (χ2v) is 12.4. The van der Waals surface area contributed by atoms with Crippen molar-refractivity contribution in [1.29, 1.82) is 0 Å². The topological polar surface area (TPSA) is 42.2 Å². The van der Waals surface area contributed by atoms with Crippen LogP contribution in [0.5, 0.6) is 0 Å². The number of furan rings is 1. The summed E-state index contributed by atoms with van der Waals surface area (Å²) in [5.41, 5.74) is 7.84. The first-order valence-electron chi connectivity index (χ1n) is 13.8. The summed E-state index contributed by atoms with van der Waals surface area (Å²) in [6.45, 7) is 13.1. The summed E-state index contributed by atoms with van der Waals surface area (Å²) in [6, 6.07) is 36.6. The molecule has 5 aromatic rings. The molecule has 3 heteroatoms. The van der Waals surface area contributed by atoms with E-state index in [9.17, 15) is 4.79 Å². The van der Waals surface area contributed by atoms with E-state index < -0.39 is 0 Å². The molecule has 1 aromatic heterocycles. The van der Waals surface area contributed by atoms with Crippen LogP contribution in [0.4, 0.5) is 11.4 Å². The Hall–Kier alpha value is -4.37. The number of benzene rings is 4. The SMILES string of the molecule is CC(C)(C)c1ccc(C(=O)c2oc(-c3ccc(C(C)(C)C)cc3)cc2Nc2ccc(-c3ccccc3)cc2)cc1. The van der Waals surface area contributed by atoms with Crippen molar-refractivity contribution >= 4 is 17.2 Å². The van der Waals surface area contributed by atoms with Crippen LogP contribution in [0.1, 0.15) is 68.8 Å². The van der Waals surface area contributed by atoms with E-state index in [-0.39, 0.29) is 16.6 Å². The van der Waals surface area contributed by atoms with Crippen molar-refractivity contribution < 1.29 is 9.21 Å². The minimum atomic E-state index is -0.151. The van der Waals surface area contributed by atoms with Gasteiger partial charge in [-0.2, -0.15) is 0 Å². The van der Waals surface area contributed by atoms with Gasteiger partial charge in [0.05, 0.1) is 5.69 Å². The summed E-state index contributed by atoms with van der Waals surface area (Å²) in [6.07, 6.45) is 0. The van der Waals surface area contributed by atoms with E-state index in [1.54, 1.807) is 0 Å². The Bertz CT molecular complexity index is 1590. The van der Waals surface area contributed by atoms with Crippen molar-refractivity contribution in [3.63, 3.8) is 0 Å². The number of hydrogen-bond acceptors (Lipinski definition) is 3. The highest BCUT2D eigenvalue weighted by Gasteiger charge is 2.23. The third-order valence-corrected chi connectivity index (χ3v) is 7.26. The molecule has 1 heterocycles. The van der Waals surface area contributed by atoms with Crippen LogP contribution in [-0.4, -0.2) is 5.78 Å². The molecule has 0 atom stereocenters. The maximum Gasteiger partial charge on any atom is 0.230 e. The smallest absolute Gasteiger partial charge is 0.230 e. The molecule has 5 rings (SSSR count). The first kappa shape index (κ1) is 27.2. The van der Waals surface area contributed by atoms with Crippen molar-refractivity contribution in [2.75, 3.05) is 5.32 Å². The molecule has 1 N–H and O–H groups in total. The minimum absolute atomic E-state index is 0.0112. The molecule has 40 heavy (non-hydrogen) atoms. The lowest BCUT2D eigenvalue weighted by molar-refractivity contribution is 0.101. The number of nitrogens with one attached hydrogen (secondary N) is 1. The van der Waals surface area contributed by atoms with Crippen molar-refractivity contribution in [2.24, 2.45) is 0 Å². The molecule has 0 radical (unpaired) electrons. The van der Waals surface area contributed by atoms with Gasteiger partial charge in [0, 0.05) is 22.9 Å². The summed E-state index contributed by atoms with van der Waals surface area (Å²) in [5.74, 6) is 0.797. The van der Waals surface area contributed by atoms with Crippen LogP contribution in [0.3, 0.4) is 0 Å². The van der Waals surface area contributed by atoms with Gasteiger partial charge in [-0.15, -0.1) is 0 Å². The molecule has 0 aliphatic heterocycles. The van der Waals surface area contributed by atoms with Gasteiger partial charge in [-0.25, -0.2) is 0 Å². The van der Waals surface area contributed by atoms with Gasteiger partial charge in [0.15, 0.2) is 5.76 Å². The van der Waals surface area contributed by atoms with Gasteiger partial charge >= 0.3 is 0 Å². The third kappa shape index (κ3) is 5.94. The molecule has 0 fully saturated rings. The molecule has 202 valence electrons. The average molecular weight is 528 g/mol. The maximum absolute atomic E-state index is 13.8. The van der Waals surface area contributed by atoms with Gasteiger partial charge < -0.3 is 9.73 Å². The van der Waals surface area contributed by atoms with Crippen LogP contribution in [0.2, 0.25) is 0 Å². The molecule has 0 amide bonds. The molecule has 0 saturated carbocycles. The zero-order valence-electron chi connectivity index (χ0n) is 24.2. The van der Waals surface area contributed by atoms with Crippen molar-refractivity contribution in [3.8, 4) is 22.5 Å². The normalized spacial score (nSPS) is 11.8. The summed E-state index contributed by atoms with van der Waals surface area (Å²) in [7, 11) is 0. The Labute approximate surface area is 237 Å². The lowest BCUT2D eigenvalue weighted by Gasteiger charge is -2.19. The molecule has 3 nitrogen and oxygen atoms in total. The molecular weight excluding hydrogens is 490 g/mol. The highest BCUT2D eigenvalue weighted by atomic mass is 16.3. The van der Waals surface area contributed by atoms with Gasteiger partial charge in [-0.05, 0) is 45.2 Å². The number of carbonyl (C=O) groups is 1. The number of ketones is 1. The van der Waals surface area contributed by atoms with Gasteiger partial charge in [-0.1, -0.05) is 133 Å². The van der Waals surface area contributed by atoms with Crippen LogP contribution in [-0.2, 0) is 10.8 Å². The van der Waals surface area contributed by atoms with E-state index in [2.05, 4.69) is 95.4 Å². The van der Waals surface area contributed by atoms with Gasteiger partial charge in [0.25, 0.3) is 0 Å². The lowest BCUT2D eigenvalue weighted by Crippen LogP contribution is -2.11. The zero-order valence-corrected chi connectivity index (χ0v) is 24.2. The number of carbonyl (C=O) groups excluding carboxylic acids is 1. The minimum Gasteiger partial charge on any atom is -0.450 e. The molecule has 0 spiro atoms. The van der Waals surface area contributed by atoms with Crippen LogP contribution < -0.4 is 5.32 Å². The fourth-order valence-corrected chi connectivity index (χ4v) is 4.71. The van der Waals surface area contributed by atoms with E-state index in [0.717, 1.165) is 22.4 Å². The van der Waals surface area contributed by atoms with Crippen LogP contribution in [0, 0.1) is 0 Å². The van der Waals surface area contributed by atoms with E-state index in [0.29, 0.717) is 22.8 Å². The van der Waals surface area contributed by atoms with Gasteiger partial charge in [-0.3, -0.25) is 4.79 Å². The first-order valence-corrected chi connectivity index (χ1v) is 13.8. The van der Waals surface area contributed by atoms with E-state index in [1.807, 2.05) is 60.7 Å². The van der Waals surface area contributed by atoms with Crippen molar-refractivity contribution in [3.05, 3.63) is 132 Å². The molecule has 0 bridgehead atoms. The molecule has 4 aromatic carbocycles. The first-order chi connectivity index (χ1) is 19.0. The zero-order chi connectivity index (χ0) is 28.5. The monoisotopic (exact) mass is 527 g/mol. The fraction of sp³-hybridized carbons (Fsp3) is 0.216. The molecular formula is C37H37NO2. The number of rotatable bonds is 6. The Balaban J connectivity index is 1.50. The molecule has 0 unspecified atom stereocenters. The quantitative estimate of drug-likeness (QED) is 0.223. The van der Waals surface area contributed by atoms with Gasteiger partial charge in [0.1, 0.15) is 5.76 Å². The standard InChI is InChI=1S/C37H37NO2/c1-36(2,3)29-18-12-27(13-19-29)33-24-32(38-31-22-16-26(17-23-31)25-10-8-7-9-11-25)35(40-33)34(39)28-14-20-30(21-15-28)37(4,5)6/h7-24,38H,1-6H3. The summed E-state index contributed by atoms with van der Waals surface area (Å²) in [5, 5.41) is 3.45. The Morgan fingerprint density at radius 2 is 1.10 bits per heavy atom. The molecule has 0 saturated heterocycles. The summed E-state index contributed by atoms with van der Waals surface area (Å²) in [4.78, 5) is 13.8.